The van der Waals surface area contributed by atoms with Gasteiger partial charge in [0.1, 0.15) is 0 Å². The zero-order valence-electron chi connectivity index (χ0n) is 12.9. The molecule has 110 valence electrons. The topological polar surface area (TPSA) is 46.3 Å². The number of nitrogens with zero attached hydrogens (tertiary/aromatic N) is 1. The molecule has 1 aliphatic carbocycles. The van der Waals surface area contributed by atoms with Crippen LogP contribution in [0.2, 0.25) is 0 Å². The lowest BCUT2D eigenvalue weighted by molar-refractivity contribution is -0.124. The molecule has 1 atom stereocenters. The Balaban J connectivity index is 2.26. The summed E-state index contributed by atoms with van der Waals surface area (Å²) in [6, 6.07) is 7.65. The molecule has 0 radical (unpaired) electrons. The normalized spacial score (nSPS) is 20.9. The van der Waals surface area contributed by atoms with E-state index in [4.69, 9.17) is 5.73 Å². The number of carbonyl (C=O) groups is 1. The van der Waals surface area contributed by atoms with Crippen LogP contribution >= 0.6 is 0 Å². The average molecular weight is 274 g/mol. The van der Waals surface area contributed by atoms with Crippen molar-refractivity contribution in [3.05, 3.63) is 24.3 Å². The minimum absolute atomic E-state index is 0.114. The van der Waals surface area contributed by atoms with Gasteiger partial charge in [-0.05, 0) is 42.9 Å². The van der Waals surface area contributed by atoms with E-state index in [1.165, 1.54) is 0 Å². The van der Waals surface area contributed by atoms with Crippen LogP contribution in [0.5, 0.6) is 0 Å². The Morgan fingerprint density at radius 3 is 2.75 bits per heavy atom. The summed E-state index contributed by atoms with van der Waals surface area (Å²) in [5.41, 5.74) is 7.62. The Morgan fingerprint density at radius 1 is 1.45 bits per heavy atom. The van der Waals surface area contributed by atoms with Gasteiger partial charge in [0.05, 0.1) is 0 Å². The van der Waals surface area contributed by atoms with Gasteiger partial charge in [-0.2, -0.15) is 0 Å². The molecule has 1 fully saturated rings. The van der Waals surface area contributed by atoms with Gasteiger partial charge in [-0.25, -0.2) is 0 Å². The van der Waals surface area contributed by atoms with Gasteiger partial charge in [0.15, 0.2) is 0 Å². The highest BCUT2D eigenvalue weighted by Gasteiger charge is 2.41. The van der Waals surface area contributed by atoms with Crippen molar-refractivity contribution in [2.24, 2.45) is 11.3 Å². The third kappa shape index (κ3) is 2.97. The summed E-state index contributed by atoms with van der Waals surface area (Å²) < 4.78 is 0. The third-order valence-electron chi connectivity index (χ3n) is 4.45. The summed E-state index contributed by atoms with van der Waals surface area (Å²) in [6.07, 6.45) is 4.25. The van der Waals surface area contributed by atoms with Crippen LogP contribution < -0.4 is 10.6 Å². The molecule has 3 nitrogen and oxygen atoms in total. The molecule has 0 heterocycles. The van der Waals surface area contributed by atoms with Crippen LogP contribution in [0, 0.1) is 11.3 Å². The highest BCUT2D eigenvalue weighted by Crippen LogP contribution is 2.44. The number of benzene rings is 1. The van der Waals surface area contributed by atoms with Gasteiger partial charge in [-0.15, -0.1) is 0 Å². The number of nitrogens with two attached hydrogens (primary N) is 1. The maximum atomic E-state index is 12.9. The second-order valence-electron chi connectivity index (χ2n) is 6.52. The number of amides is 1. The van der Waals surface area contributed by atoms with Crippen molar-refractivity contribution < 1.29 is 4.79 Å². The molecule has 2 rings (SSSR count). The van der Waals surface area contributed by atoms with Crippen LogP contribution in [0.4, 0.5) is 11.4 Å². The minimum Gasteiger partial charge on any atom is -0.399 e. The first kappa shape index (κ1) is 14.9. The molecule has 0 aliphatic heterocycles. The third-order valence-corrected chi connectivity index (χ3v) is 4.45. The zero-order chi connectivity index (χ0) is 14.8. The lowest BCUT2D eigenvalue weighted by atomic mass is 9.81. The molecule has 1 aliphatic rings. The van der Waals surface area contributed by atoms with Crippen LogP contribution in [0.1, 0.15) is 46.5 Å². The van der Waals surface area contributed by atoms with E-state index in [2.05, 4.69) is 20.8 Å². The summed E-state index contributed by atoms with van der Waals surface area (Å²) >= 11 is 0. The van der Waals surface area contributed by atoms with E-state index in [-0.39, 0.29) is 17.2 Å². The molecule has 0 bridgehead atoms. The molecule has 1 aromatic carbocycles. The van der Waals surface area contributed by atoms with E-state index in [1.54, 1.807) is 0 Å². The van der Waals surface area contributed by atoms with Crippen LogP contribution in [0.3, 0.4) is 0 Å². The van der Waals surface area contributed by atoms with E-state index >= 15 is 0 Å². The number of hydrogen-bond donors (Lipinski definition) is 1. The second-order valence-corrected chi connectivity index (χ2v) is 6.52. The van der Waals surface area contributed by atoms with Crippen molar-refractivity contribution in [3.63, 3.8) is 0 Å². The van der Waals surface area contributed by atoms with Crippen LogP contribution in [-0.2, 0) is 4.79 Å². The Hall–Kier alpha value is -1.51. The summed E-state index contributed by atoms with van der Waals surface area (Å²) in [7, 11) is 0. The highest BCUT2D eigenvalue weighted by molar-refractivity contribution is 5.96. The highest BCUT2D eigenvalue weighted by atomic mass is 16.2. The Bertz CT molecular complexity index is 482. The van der Waals surface area contributed by atoms with Gasteiger partial charge in [0.2, 0.25) is 5.91 Å². The van der Waals surface area contributed by atoms with Crippen molar-refractivity contribution in [1.29, 1.82) is 0 Å². The van der Waals surface area contributed by atoms with Crippen molar-refractivity contribution in [2.45, 2.75) is 46.5 Å². The molecule has 0 aromatic heterocycles. The van der Waals surface area contributed by atoms with E-state index in [0.717, 1.165) is 37.9 Å². The quantitative estimate of drug-likeness (QED) is 0.848. The fraction of sp³-hybridized carbons (Fsp3) is 0.588. The monoisotopic (exact) mass is 274 g/mol. The molecule has 0 saturated heterocycles. The van der Waals surface area contributed by atoms with Gasteiger partial charge >= 0.3 is 0 Å². The van der Waals surface area contributed by atoms with Gasteiger partial charge in [-0.3, -0.25) is 4.79 Å². The molecular formula is C17H26N2O. The van der Waals surface area contributed by atoms with E-state index in [0.29, 0.717) is 5.69 Å². The molecule has 3 heteroatoms. The van der Waals surface area contributed by atoms with Gasteiger partial charge in [0.25, 0.3) is 0 Å². The number of rotatable bonds is 4. The van der Waals surface area contributed by atoms with Gasteiger partial charge in [-0.1, -0.05) is 33.3 Å². The van der Waals surface area contributed by atoms with Gasteiger partial charge in [0, 0.05) is 23.8 Å². The summed E-state index contributed by atoms with van der Waals surface area (Å²) in [4.78, 5) is 14.9. The standard InChI is InChI=1S/C17H26N2O/c1-4-11-19(14-8-5-7-13(18)12-14)16(20)15-9-6-10-17(15,2)3/h5,7-8,12,15H,4,6,9-11,18H2,1-3H3. The lowest BCUT2D eigenvalue weighted by Crippen LogP contribution is -2.40. The molecule has 1 aromatic rings. The molecule has 1 amide bonds. The largest absolute Gasteiger partial charge is 0.399 e. The maximum absolute atomic E-state index is 12.9. The average Bonchev–Trinajstić information content (AvgIpc) is 2.75. The first-order chi connectivity index (χ1) is 9.45. The van der Waals surface area contributed by atoms with Crippen LogP contribution in [0.25, 0.3) is 0 Å². The number of carbonyl (C=O) groups excluding carboxylic acids is 1. The van der Waals surface area contributed by atoms with Gasteiger partial charge < -0.3 is 10.6 Å². The Labute approximate surface area is 122 Å². The van der Waals surface area contributed by atoms with Crippen LogP contribution in [0.15, 0.2) is 24.3 Å². The number of hydrogen-bond acceptors (Lipinski definition) is 2. The first-order valence-corrected chi connectivity index (χ1v) is 7.62. The fourth-order valence-corrected chi connectivity index (χ4v) is 3.26. The summed E-state index contributed by atoms with van der Waals surface area (Å²) in [5.74, 6) is 0.399. The van der Waals surface area contributed by atoms with Crippen molar-refractivity contribution in [1.82, 2.24) is 0 Å². The van der Waals surface area contributed by atoms with Crippen LogP contribution in [-0.4, -0.2) is 12.5 Å². The van der Waals surface area contributed by atoms with E-state index < -0.39 is 0 Å². The lowest BCUT2D eigenvalue weighted by Gasteiger charge is -2.32. The molecule has 1 unspecified atom stereocenters. The SMILES string of the molecule is CCCN(C(=O)C1CCCC1(C)C)c1cccc(N)c1. The number of nitrogen functional groups attached to an aromatic ring is 1. The van der Waals surface area contributed by atoms with Crippen molar-refractivity contribution in [2.75, 3.05) is 17.2 Å². The van der Waals surface area contributed by atoms with E-state index in [9.17, 15) is 4.79 Å². The molecular weight excluding hydrogens is 248 g/mol. The van der Waals surface area contributed by atoms with Crippen molar-refractivity contribution >= 4 is 17.3 Å². The Kier molecular flexibility index (Phi) is 4.36. The minimum atomic E-state index is 0.114. The summed E-state index contributed by atoms with van der Waals surface area (Å²) in [6.45, 7) is 7.29. The predicted molar refractivity (Wildman–Crippen MR) is 84.6 cm³/mol. The van der Waals surface area contributed by atoms with E-state index in [1.807, 2.05) is 29.2 Å². The fourth-order valence-electron chi connectivity index (χ4n) is 3.26. The molecule has 0 spiro atoms. The zero-order valence-corrected chi connectivity index (χ0v) is 12.9. The Morgan fingerprint density at radius 2 is 2.20 bits per heavy atom. The van der Waals surface area contributed by atoms with Crippen molar-refractivity contribution in [3.8, 4) is 0 Å². The molecule has 20 heavy (non-hydrogen) atoms. The molecule has 1 saturated carbocycles. The first-order valence-electron chi connectivity index (χ1n) is 7.62. The smallest absolute Gasteiger partial charge is 0.230 e. The maximum Gasteiger partial charge on any atom is 0.230 e. The predicted octanol–water partition coefficient (Wildman–Crippen LogP) is 3.84. The number of anilines is 2. The summed E-state index contributed by atoms with van der Waals surface area (Å²) in [5, 5.41) is 0. The second kappa shape index (κ2) is 5.86. The molecule has 2 N–H and O–H groups in total.